The molecule has 1 N–H and O–H groups in total. The Balaban J connectivity index is 2.12. The smallest absolute Gasteiger partial charge is 0.305 e. The number of hydrogen-bond acceptors (Lipinski definition) is 2. The van der Waals surface area contributed by atoms with Gasteiger partial charge < -0.3 is 10.0 Å². The Labute approximate surface area is 121 Å². The number of carboxylic acid groups (broad SMARTS) is 1. The molecule has 4 nitrogen and oxygen atoms in total. The lowest BCUT2D eigenvalue weighted by atomic mass is 9.84. The molecule has 1 amide bonds. The number of halogens is 2. The highest BCUT2D eigenvalue weighted by Gasteiger charge is 2.30. The Kier molecular flexibility index (Phi) is 4.88. The van der Waals surface area contributed by atoms with Crippen molar-refractivity contribution in [2.75, 3.05) is 6.54 Å². The van der Waals surface area contributed by atoms with Gasteiger partial charge in [-0.15, -0.1) is 0 Å². The molecule has 1 saturated carbocycles. The van der Waals surface area contributed by atoms with Crippen molar-refractivity contribution in [2.45, 2.75) is 32.2 Å². The molecule has 0 spiro atoms. The molecule has 1 aromatic carbocycles. The number of aliphatic carboxylic acids is 1. The van der Waals surface area contributed by atoms with E-state index in [4.69, 9.17) is 5.11 Å². The van der Waals surface area contributed by atoms with Gasteiger partial charge in [-0.05, 0) is 18.9 Å². The highest BCUT2D eigenvalue weighted by molar-refractivity contribution is 5.80. The maximum atomic E-state index is 13.7. The standard InChI is InChI=1S/C15H17F2NO3/c16-12-6-2-5-11(14(12)17)9-18(8-7-13(19)20)15(21)10-3-1-4-10/h2,5-6,10H,1,3-4,7-9H2,(H,19,20). The average Bonchev–Trinajstić information content (AvgIpc) is 2.36. The van der Waals surface area contributed by atoms with Gasteiger partial charge >= 0.3 is 5.97 Å². The van der Waals surface area contributed by atoms with E-state index in [9.17, 15) is 18.4 Å². The minimum Gasteiger partial charge on any atom is -0.481 e. The van der Waals surface area contributed by atoms with Gasteiger partial charge in [0.1, 0.15) is 0 Å². The first-order valence-electron chi connectivity index (χ1n) is 6.92. The second kappa shape index (κ2) is 6.65. The molecule has 2 rings (SSSR count). The largest absolute Gasteiger partial charge is 0.481 e. The van der Waals surface area contributed by atoms with Crippen LogP contribution in [0.3, 0.4) is 0 Å². The molecule has 21 heavy (non-hydrogen) atoms. The lowest BCUT2D eigenvalue weighted by Crippen LogP contribution is -2.39. The summed E-state index contributed by atoms with van der Waals surface area (Å²) in [5, 5.41) is 8.75. The van der Waals surface area contributed by atoms with Crippen molar-refractivity contribution in [3.63, 3.8) is 0 Å². The fraction of sp³-hybridized carbons (Fsp3) is 0.467. The van der Waals surface area contributed by atoms with Gasteiger partial charge in [-0.2, -0.15) is 0 Å². The molecule has 1 fully saturated rings. The van der Waals surface area contributed by atoms with Gasteiger partial charge in [0.05, 0.1) is 6.42 Å². The third kappa shape index (κ3) is 3.77. The molecule has 0 saturated heterocycles. The van der Waals surface area contributed by atoms with Gasteiger partial charge in [-0.3, -0.25) is 9.59 Å². The Morgan fingerprint density at radius 1 is 1.29 bits per heavy atom. The molecule has 6 heteroatoms. The van der Waals surface area contributed by atoms with Gasteiger partial charge in [0.2, 0.25) is 5.91 Å². The van der Waals surface area contributed by atoms with Crippen LogP contribution in [0.15, 0.2) is 18.2 Å². The Morgan fingerprint density at radius 2 is 2.00 bits per heavy atom. The highest BCUT2D eigenvalue weighted by Crippen LogP contribution is 2.29. The molecule has 114 valence electrons. The zero-order chi connectivity index (χ0) is 15.4. The van der Waals surface area contributed by atoms with E-state index in [-0.39, 0.29) is 36.9 Å². The lowest BCUT2D eigenvalue weighted by molar-refractivity contribution is -0.141. The zero-order valence-corrected chi connectivity index (χ0v) is 11.5. The fourth-order valence-corrected chi connectivity index (χ4v) is 2.29. The van der Waals surface area contributed by atoms with Crippen molar-refractivity contribution >= 4 is 11.9 Å². The highest BCUT2D eigenvalue weighted by atomic mass is 19.2. The number of hydrogen-bond donors (Lipinski definition) is 1. The number of benzene rings is 1. The Bertz CT molecular complexity index is 544. The van der Waals surface area contributed by atoms with Crippen LogP contribution >= 0.6 is 0 Å². The predicted octanol–water partition coefficient (Wildman–Crippen LogP) is 2.57. The van der Waals surface area contributed by atoms with Crippen LogP contribution in [0.25, 0.3) is 0 Å². The second-order valence-electron chi connectivity index (χ2n) is 5.24. The van der Waals surface area contributed by atoms with E-state index in [1.807, 2.05) is 0 Å². The topological polar surface area (TPSA) is 57.6 Å². The van der Waals surface area contributed by atoms with Crippen molar-refractivity contribution in [1.82, 2.24) is 4.90 Å². The first-order chi connectivity index (χ1) is 9.99. The van der Waals surface area contributed by atoms with Gasteiger partial charge in [0.25, 0.3) is 0 Å². The van der Waals surface area contributed by atoms with E-state index >= 15 is 0 Å². The molecule has 0 aromatic heterocycles. The van der Waals surface area contributed by atoms with E-state index in [2.05, 4.69) is 0 Å². The summed E-state index contributed by atoms with van der Waals surface area (Å²) in [5.74, 6) is -3.27. The van der Waals surface area contributed by atoms with Crippen molar-refractivity contribution in [1.29, 1.82) is 0 Å². The number of carbonyl (C=O) groups is 2. The molecule has 1 aromatic rings. The van der Waals surface area contributed by atoms with E-state index in [1.54, 1.807) is 0 Å². The molecule has 0 atom stereocenters. The SMILES string of the molecule is O=C(O)CCN(Cc1cccc(F)c1F)C(=O)C1CCC1. The second-order valence-corrected chi connectivity index (χ2v) is 5.24. The van der Waals surface area contributed by atoms with E-state index in [1.165, 1.54) is 17.0 Å². The fourth-order valence-electron chi connectivity index (χ4n) is 2.29. The summed E-state index contributed by atoms with van der Waals surface area (Å²) in [7, 11) is 0. The minimum atomic E-state index is -1.03. The van der Waals surface area contributed by atoms with E-state index in [0.29, 0.717) is 0 Å². The minimum absolute atomic E-state index is 0.000615. The van der Waals surface area contributed by atoms with Crippen LogP contribution in [-0.4, -0.2) is 28.4 Å². The maximum Gasteiger partial charge on any atom is 0.305 e. The normalized spacial score (nSPS) is 14.6. The molecule has 0 aliphatic heterocycles. The quantitative estimate of drug-likeness (QED) is 0.878. The molecule has 0 heterocycles. The van der Waals surface area contributed by atoms with Crippen LogP contribution in [-0.2, 0) is 16.1 Å². The van der Waals surface area contributed by atoms with Crippen molar-refractivity contribution < 1.29 is 23.5 Å². The third-order valence-corrected chi connectivity index (χ3v) is 3.75. The van der Waals surface area contributed by atoms with Gasteiger partial charge in [-0.1, -0.05) is 18.6 Å². The summed E-state index contributed by atoms with van der Waals surface area (Å²) in [6, 6.07) is 3.78. The van der Waals surface area contributed by atoms with E-state index in [0.717, 1.165) is 25.3 Å². The van der Waals surface area contributed by atoms with Crippen molar-refractivity contribution in [2.24, 2.45) is 5.92 Å². The summed E-state index contributed by atoms with van der Waals surface area (Å²) in [6.45, 7) is -0.104. The number of carbonyl (C=O) groups excluding carboxylic acids is 1. The van der Waals surface area contributed by atoms with Crippen LogP contribution < -0.4 is 0 Å². The first kappa shape index (κ1) is 15.4. The summed E-state index contributed by atoms with van der Waals surface area (Å²) in [4.78, 5) is 24.3. The predicted molar refractivity (Wildman–Crippen MR) is 71.4 cm³/mol. The molecular formula is C15H17F2NO3. The monoisotopic (exact) mass is 297 g/mol. The summed E-state index contributed by atoms with van der Waals surface area (Å²) < 4.78 is 26.9. The van der Waals surface area contributed by atoms with Crippen molar-refractivity contribution in [3.8, 4) is 0 Å². The van der Waals surface area contributed by atoms with Crippen LogP contribution in [0.4, 0.5) is 8.78 Å². The number of carboxylic acids is 1. The van der Waals surface area contributed by atoms with Gasteiger partial charge in [0.15, 0.2) is 11.6 Å². The van der Waals surface area contributed by atoms with Crippen LogP contribution in [0.1, 0.15) is 31.2 Å². The summed E-state index contributed by atoms with van der Waals surface area (Å²) >= 11 is 0. The van der Waals surface area contributed by atoms with Crippen molar-refractivity contribution in [3.05, 3.63) is 35.4 Å². The molecule has 1 aliphatic carbocycles. The number of nitrogens with zero attached hydrogens (tertiary/aromatic N) is 1. The van der Waals surface area contributed by atoms with Crippen LogP contribution in [0.5, 0.6) is 0 Å². The molecule has 0 bridgehead atoms. The van der Waals surface area contributed by atoms with Gasteiger partial charge in [-0.25, -0.2) is 8.78 Å². The first-order valence-corrected chi connectivity index (χ1v) is 6.92. The Morgan fingerprint density at radius 3 is 2.57 bits per heavy atom. The average molecular weight is 297 g/mol. The molecular weight excluding hydrogens is 280 g/mol. The third-order valence-electron chi connectivity index (χ3n) is 3.75. The Hall–Kier alpha value is -1.98. The number of amides is 1. The van der Waals surface area contributed by atoms with Gasteiger partial charge in [0, 0.05) is 24.6 Å². The summed E-state index contributed by atoms with van der Waals surface area (Å²) in [6.07, 6.45) is 2.30. The lowest BCUT2D eigenvalue weighted by Gasteiger charge is -2.31. The van der Waals surface area contributed by atoms with E-state index < -0.39 is 17.6 Å². The molecule has 0 unspecified atom stereocenters. The van der Waals surface area contributed by atoms with Crippen LogP contribution in [0, 0.1) is 17.6 Å². The summed E-state index contributed by atoms with van der Waals surface area (Å²) in [5.41, 5.74) is 0.0630. The van der Waals surface area contributed by atoms with Crippen LogP contribution in [0.2, 0.25) is 0 Å². The maximum absolute atomic E-state index is 13.7. The molecule has 0 radical (unpaired) electrons. The zero-order valence-electron chi connectivity index (χ0n) is 11.5. The number of rotatable bonds is 6. The molecule has 1 aliphatic rings.